The van der Waals surface area contributed by atoms with Crippen molar-refractivity contribution in [3.63, 3.8) is 0 Å². The van der Waals surface area contributed by atoms with Crippen molar-refractivity contribution < 1.29 is 23.5 Å². The first-order valence-electron chi connectivity index (χ1n) is 10.8. The van der Waals surface area contributed by atoms with Gasteiger partial charge < -0.3 is 9.47 Å². The molecule has 6 aliphatic rings. The van der Waals surface area contributed by atoms with Gasteiger partial charge in [-0.05, 0) is 76.5 Å². The van der Waals surface area contributed by atoms with E-state index in [2.05, 4.69) is 0 Å². The molecule has 150 valence electrons. The second-order valence-electron chi connectivity index (χ2n) is 10.9. The molecule has 6 nitrogen and oxygen atoms in total. The summed E-state index contributed by atoms with van der Waals surface area (Å²) < 4.78 is 12.0. The van der Waals surface area contributed by atoms with Crippen LogP contribution in [0.5, 0.6) is 0 Å². The Balaban J connectivity index is 1.25. The van der Waals surface area contributed by atoms with E-state index in [0.29, 0.717) is 25.0 Å². The van der Waals surface area contributed by atoms with Gasteiger partial charge in [0.15, 0.2) is 6.67 Å². The summed E-state index contributed by atoms with van der Waals surface area (Å²) in [4.78, 5) is 27.6. The maximum absolute atomic E-state index is 13.0. The number of hydrogen-bond acceptors (Lipinski definition) is 4. The van der Waals surface area contributed by atoms with Gasteiger partial charge >= 0.3 is 12.2 Å². The number of ether oxygens (including phenoxy) is 2. The van der Waals surface area contributed by atoms with Gasteiger partial charge in [-0.1, -0.05) is 0 Å². The molecule has 0 aromatic rings. The van der Waals surface area contributed by atoms with Crippen LogP contribution in [0.15, 0.2) is 0 Å². The summed E-state index contributed by atoms with van der Waals surface area (Å²) in [6.45, 7) is 7.53. The minimum atomic E-state index is -0.503. The van der Waals surface area contributed by atoms with Gasteiger partial charge in [-0.15, -0.1) is 0 Å². The van der Waals surface area contributed by atoms with Gasteiger partial charge in [0.25, 0.3) is 0 Å². The average molecular weight is 378 g/mol. The molecule has 2 atom stereocenters. The Morgan fingerprint density at radius 2 is 1.63 bits per heavy atom. The lowest BCUT2D eigenvalue weighted by molar-refractivity contribution is -0.843. The molecule has 2 aliphatic heterocycles. The normalized spacial score (nSPS) is 44.6. The zero-order chi connectivity index (χ0) is 19.0. The maximum Gasteiger partial charge on any atom is 0.518 e. The molecule has 6 rings (SSSR count). The van der Waals surface area contributed by atoms with Crippen molar-refractivity contribution >= 4 is 12.2 Å². The van der Waals surface area contributed by atoms with E-state index in [1.165, 1.54) is 32.1 Å². The van der Waals surface area contributed by atoms with Crippen molar-refractivity contribution in [3.05, 3.63) is 0 Å². The molecule has 2 heterocycles. The van der Waals surface area contributed by atoms with Crippen molar-refractivity contribution in [1.82, 2.24) is 4.90 Å². The largest absolute Gasteiger partial charge is 0.518 e. The number of amides is 2. The van der Waals surface area contributed by atoms with Crippen LogP contribution in [0.25, 0.3) is 0 Å². The summed E-state index contributed by atoms with van der Waals surface area (Å²) in [5, 5.41) is 0. The van der Waals surface area contributed by atoms with Gasteiger partial charge in [0.1, 0.15) is 18.2 Å². The fourth-order valence-corrected chi connectivity index (χ4v) is 6.81. The van der Waals surface area contributed by atoms with Crippen molar-refractivity contribution in [2.45, 2.75) is 77.0 Å². The number of fused-ring (bicyclic) bond motifs is 2. The fourth-order valence-electron chi connectivity index (χ4n) is 6.81. The predicted molar refractivity (Wildman–Crippen MR) is 98.7 cm³/mol. The number of quaternary nitrogens is 1. The second kappa shape index (κ2) is 5.85. The zero-order valence-corrected chi connectivity index (χ0v) is 16.9. The SMILES string of the molecule is CC(C)(C)OC(=O)[N@+]12CC[C@H](C1)N(C(=O)OC1C3CC4CC(C3)CC1C4)C2. The van der Waals surface area contributed by atoms with Crippen molar-refractivity contribution in [2.75, 3.05) is 19.8 Å². The quantitative estimate of drug-likeness (QED) is 0.653. The van der Waals surface area contributed by atoms with Gasteiger partial charge in [-0.3, -0.25) is 4.90 Å². The third kappa shape index (κ3) is 2.95. The van der Waals surface area contributed by atoms with E-state index in [9.17, 15) is 9.59 Å². The first kappa shape index (κ1) is 17.8. The van der Waals surface area contributed by atoms with Gasteiger partial charge in [-0.25, -0.2) is 9.28 Å². The minimum Gasteiger partial charge on any atom is -0.445 e. The van der Waals surface area contributed by atoms with Crippen LogP contribution in [0.3, 0.4) is 0 Å². The lowest BCUT2D eigenvalue weighted by Gasteiger charge is -2.53. The van der Waals surface area contributed by atoms with E-state index in [4.69, 9.17) is 9.47 Å². The summed E-state index contributed by atoms with van der Waals surface area (Å²) in [5.74, 6) is 2.88. The molecule has 2 amide bonds. The Hall–Kier alpha value is -1.30. The first-order valence-corrected chi connectivity index (χ1v) is 10.8. The average Bonchev–Trinajstić information content (AvgIpc) is 3.16. The van der Waals surface area contributed by atoms with E-state index in [-0.39, 0.29) is 28.8 Å². The highest BCUT2D eigenvalue weighted by atomic mass is 16.6. The molecule has 4 aliphatic carbocycles. The van der Waals surface area contributed by atoms with Crippen LogP contribution in [-0.2, 0) is 9.47 Å². The number of hydrogen-bond donors (Lipinski definition) is 0. The summed E-state index contributed by atoms with van der Waals surface area (Å²) in [6, 6.07) is 0.113. The molecule has 0 spiro atoms. The first-order chi connectivity index (χ1) is 12.7. The number of nitrogens with zero attached hydrogens (tertiary/aromatic N) is 2. The summed E-state index contributed by atoms with van der Waals surface area (Å²) in [5.41, 5.74) is -0.503. The highest BCUT2D eigenvalue weighted by molar-refractivity contribution is 5.70. The highest BCUT2D eigenvalue weighted by Gasteiger charge is 2.59. The number of carbonyl (C=O) groups excluding carboxylic acids is 2. The fraction of sp³-hybridized carbons (Fsp3) is 0.905. The lowest BCUT2D eigenvalue weighted by atomic mass is 9.55. The van der Waals surface area contributed by atoms with E-state index in [1.54, 1.807) is 0 Å². The molecule has 0 unspecified atom stereocenters. The number of carbonyl (C=O) groups is 2. The Morgan fingerprint density at radius 1 is 1.00 bits per heavy atom. The summed E-state index contributed by atoms with van der Waals surface area (Å²) in [6.07, 6.45) is 6.94. The lowest BCUT2D eigenvalue weighted by Crippen LogP contribution is -2.56. The van der Waals surface area contributed by atoms with Crippen molar-refractivity contribution in [1.29, 1.82) is 0 Å². The maximum atomic E-state index is 13.0. The molecular formula is C21H33N2O4+. The molecule has 0 N–H and O–H groups in total. The monoisotopic (exact) mass is 377 g/mol. The standard InChI is InChI=1S/C21H33N2O4/c1-21(2,3)27-20(25)23-5-4-17(11-23)22(12-23)19(24)26-18-15-7-13-6-14(9-15)10-16(18)8-13/h13-18H,4-12H2,1-3H3/q+1/t13?,14?,15?,16?,17-,18?,23-/m1/s1. The topological polar surface area (TPSA) is 55.8 Å². The second-order valence-corrected chi connectivity index (χ2v) is 10.9. The third-order valence-corrected chi connectivity index (χ3v) is 7.71. The van der Waals surface area contributed by atoms with Gasteiger partial charge in [0.2, 0.25) is 0 Å². The molecule has 6 bridgehead atoms. The summed E-state index contributed by atoms with van der Waals surface area (Å²) >= 11 is 0. The molecular weight excluding hydrogens is 344 g/mol. The van der Waals surface area contributed by atoms with Crippen LogP contribution in [0.4, 0.5) is 9.59 Å². The Kier molecular flexibility index (Phi) is 3.85. The number of rotatable bonds is 1. The minimum absolute atomic E-state index is 0.106. The van der Waals surface area contributed by atoms with E-state index < -0.39 is 5.60 Å². The van der Waals surface area contributed by atoms with Crippen LogP contribution in [0, 0.1) is 23.7 Å². The predicted octanol–water partition coefficient (Wildman–Crippen LogP) is 3.75. The molecule has 0 aromatic heterocycles. The van der Waals surface area contributed by atoms with Crippen LogP contribution in [0.1, 0.15) is 59.3 Å². The molecule has 0 aromatic carbocycles. The highest BCUT2D eigenvalue weighted by Crippen LogP contribution is 2.54. The molecule has 4 saturated carbocycles. The molecule has 27 heavy (non-hydrogen) atoms. The molecule has 6 fully saturated rings. The third-order valence-electron chi connectivity index (χ3n) is 7.71. The van der Waals surface area contributed by atoms with Gasteiger partial charge in [-0.2, -0.15) is 4.79 Å². The smallest absolute Gasteiger partial charge is 0.445 e. The Bertz CT molecular complexity index is 629. The Morgan fingerprint density at radius 3 is 2.22 bits per heavy atom. The van der Waals surface area contributed by atoms with E-state index >= 15 is 0 Å². The zero-order valence-electron chi connectivity index (χ0n) is 16.9. The summed E-state index contributed by atoms with van der Waals surface area (Å²) in [7, 11) is 0. The molecule has 2 saturated heterocycles. The van der Waals surface area contributed by atoms with Crippen molar-refractivity contribution in [2.24, 2.45) is 23.7 Å². The van der Waals surface area contributed by atoms with Crippen molar-refractivity contribution in [3.8, 4) is 0 Å². The van der Waals surface area contributed by atoms with Gasteiger partial charge in [0, 0.05) is 6.42 Å². The van der Waals surface area contributed by atoms with E-state index in [0.717, 1.165) is 24.8 Å². The van der Waals surface area contributed by atoms with E-state index in [1.807, 2.05) is 25.7 Å². The van der Waals surface area contributed by atoms with Crippen LogP contribution in [0.2, 0.25) is 0 Å². The molecule has 0 radical (unpaired) electrons. The Labute approximate surface area is 161 Å². The van der Waals surface area contributed by atoms with Crippen LogP contribution < -0.4 is 0 Å². The van der Waals surface area contributed by atoms with Crippen LogP contribution >= 0.6 is 0 Å². The van der Waals surface area contributed by atoms with Crippen LogP contribution in [-0.4, -0.2) is 59.1 Å². The van der Waals surface area contributed by atoms with Gasteiger partial charge in [0.05, 0.1) is 12.6 Å². The molecule has 6 heteroatoms.